The van der Waals surface area contributed by atoms with Crippen LogP contribution in [0, 0.1) is 0 Å². The summed E-state index contributed by atoms with van der Waals surface area (Å²) in [5, 5.41) is 0. The van der Waals surface area contributed by atoms with Gasteiger partial charge in [0.05, 0.1) is 6.20 Å². The summed E-state index contributed by atoms with van der Waals surface area (Å²) < 4.78 is 4.54. The maximum atomic E-state index is 10.4. The predicted octanol–water partition coefficient (Wildman–Crippen LogP) is -0.0461. The molecule has 0 fully saturated rings. The average molecular weight is 110 g/mol. The van der Waals surface area contributed by atoms with Crippen molar-refractivity contribution in [3.05, 3.63) is 16.6 Å². The van der Waals surface area contributed by atoms with E-state index in [4.69, 9.17) is 0 Å². The van der Waals surface area contributed by atoms with E-state index in [2.05, 4.69) is 14.4 Å². The van der Waals surface area contributed by atoms with E-state index in [1.807, 2.05) is 0 Å². The van der Waals surface area contributed by atoms with Gasteiger partial charge in [-0.15, -0.1) is 0 Å². The third-order valence-electron chi connectivity index (χ3n) is 0.949. The van der Waals surface area contributed by atoms with Crippen molar-refractivity contribution in [3.8, 4) is 0 Å². The molecule has 0 radical (unpaired) electrons. The van der Waals surface area contributed by atoms with E-state index in [9.17, 15) is 4.79 Å². The van der Waals surface area contributed by atoms with Crippen molar-refractivity contribution < 1.29 is 4.42 Å². The van der Waals surface area contributed by atoms with Crippen LogP contribution in [0.4, 0.5) is 0 Å². The molecule has 2 bridgehead atoms. The molecule has 40 valence electrons. The lowest BCUT2D eigenvalue weighted by atomic mass is 10.8. The zero-order chi connectivity index (χ0) is 5.56. The minimum atomic E-state index is -0.387. The third-order valence-corrected chi connectivity index (χ3v) is 0.949. The highest BCUT2D eigenvalue weighted by molar-refractivity contribution is 5.46. The van der Waals surface area contributed by atoms with Gasteiger partial charge in [-0.1, -0.05) is 0 Å². The summed E-state index contributed by atoms with van der Waals surface area (Å²) in [6.07, 6.45) is 1.47. The Morgan fingerprint density at radius 2 is 2.62 bits per heavy atom. The second-order valence-corrected chi connectivity index (χ2v) is 1.49. The molecule has 0 saturated carbocycles. The number of aromatic nitrogens is 2. The summed E-state index contributed by atoms with van der Waals surface area (Å²) in [5.41, 5.74) is 0.340. The molecule has 0 aliphatic rings. The molecule has 0 aliphatic heterocycles. The molecule has 2 aromatic heterocycles. The normalized spacial score (nSPS) is 11.0. The van der Waals surface area contributed by atoms with Gasteiger partial charge in [0.2, 0.25) is 11.4 Å². The smallest absolute Gasteiger partial charge is 0.381 e. The second kappa shape index (κ2) is 0.912. The molecular weight excluding hydrogens is 108 g/mol. The predicted molar refractivity (Wildman–Crippen MR) is 25.8 cm³/mol. The Kier molecular flexibility index (Phi) is 0.417. The Hall–Kier alpha value is -1.32. The van der Waals surface area contributed by atoms with Crippen molar-refractivity contribution in [2.75, 3.05) is 0 Å². The van der Waals surface area contributed by atoms with Crippen LogP contribution in [-0.2, 0) is 0 Å². The number of fused-ring (bicyclic) bond motifs is 2. The Bertz CT molecular complexity index is 334. The maximum absolute atomic E-state index is 10.4. The molecule has 0 atom stereocenters. The number of hydrogen-bond donors (Lipinski definition) is 1. The molecule has 2 heterocycles. The van der Waals surface area contributed by atoms with Crippen LogP contribution < -0.4 is 5.63 Å². The van der Waals surface area contributed by atoms with E-state index < -0.39 is 0 Å². The average Bonchev–Trinajstić information content (AvgIpc) is 2.23. The first kappa shape index (κ1) is 3.65. The highest BCUT2D eigenvalue weighted by atomic mass is 16.4. The van der Waals surface area contributed by atoms with Gasteiger partial charge in [0.1, 0.15) is 0 Å². The van der Waals surface area contributed by atoms with Crippen LogP contribution >= 0.6 is 0 Å². The van der Waals surface area contributed by atoms with Gasteiger partial charge in [-0.2, -0.15) is 0 Å². The third kappa shape index (κ3) is 0.258. The summed E-state index contributed by atoms with van der Waals surface area (Å²) in [5.74, 6) is 0. The summed E-state index contributed by atoms with van der Waals surface area (Å²) in [7, 11) is 0. The molecule has 1 N–H and O–H groups in total. The van der Waals surface area contributed by atoms with Gasteiger partial charge >= 0.3 is 5.63 Å². The molecule has 0 aliphatic carbocycles. The minimum Gasteiger partial charge on any atom is -0.402 e. The largest absolute Gasteiger partial charge is 0.402 e. The zero-order valence-electron chi connectivity index (χ0n) is 3.84. The highest BCUT2D eigenvalue weighted by Crippen LogP contribution is 1.96. The Labute approximate surface area is 43.5 Å². The lowest BCUT2D eigenvalue weighted by Crippen LogP contribution is -1.93. The van der Waals surface area contributed by atoms with Gasteiger partial charge in [0, 0.05) is 0 Å². The molecule has 4 nitrogen and oxygen atoms in total. The highest BCUT2D eigenvalue weighted by Gasteiger charge is 2.01. The standard InChI is InChI=1S/C4H2N2O2/c7-4-3-5-1-2(6-3)8-4/h1H,(H,5,6). The second-order valence-electron chi connectivity index (χ2n) is 1.49. The number of rotatable bonds is 0. The monoisotopic (exact) mass is 110 g/mol. The van der Waals surface area contributed by atoms with Crippen molar-refractivity contribution in [2.24, 2.45) is 0 Å². The van der Waals surface area contributed by atoms with Crippen molar-refractivity contribution in [3.63, 3.8) is 0 Å². The zero-order valence-corrected chi connectivity index (χ0v) is 3.84. The fourth-order valence-electron chi connectivity index (χ4n) is 0.608. The number of nitrogens with one attached hydrogen (secondary N) is 1. The fourth-order valence-corrected chi connectivity index (χ4v) is 0.608. The summed E-state index contributed by atoms with van der Waals surface area (Å²) in [4.78, 5) is 16.7. The van der Waals surface area contributed by atoms with Gasteiger partial charge in [-0.25, -0.2) is 9.78 Å². The molecule has 0 unspecified atom stereocenters. The van der Waals surface area contributed by atoms with Gasteiger partial charge in [-0.3, -0.25) is 0 Å². The van der Waals surface area contributed by atoms with E-state index in [0.717, 1.165) is 0 Å². The summed E-state index contributed by atoms with van der Waals surface area (Å²) in [6, 6.07) is 0. The number of aromatic amines is 1. The molecule has 2 aromatic rings. The van der Waals surface area contributed by atoms with E-state index >= 15 is 0 Å². The first-order valence-electron chi connectivity index (χ1n) is 2.13. The fraction of sp³-hybridized carbons (Fsp3) is 0. The molecule has 4 heteroatoms. The topological polar surface area (TPSA) is 58.9 Å². The van der Waals surface area contributed by atoms with Crippen LogP contribution in [0.3, 0.4) is 0 Å². The number of nitrogens with zero attached hydrogens (tertiary/aromatic N) is 1. The quantitative estimate of drug-likeness (QED) is 0.517. The van der Waals surface area contributed by atoms with Crippen LogP contribution in [0.15, 0.2) is 15.4 Å². The molecule has 2 rings (SSSR count). The number of imidazole rings is 1. The van der Waals surface area contributed by atoms with E-state index in [0.29, 0.717) is 11.4 Å². The molecule has 0 aromatic carbocycles. The van der Waals surface area contributed by atoms with Gasteiger partial charge in [0.25, 0.3) is 0 Å². The first-order valence-corrected chi connectivity index (χ1v) is 2.13. The van der Waals surface area contributed by atoms with Crippen LogP contribution in [0.2, 0.25) is 0 Å². The molecule has 8 heavy (non-hydrogen) atoms. The Balaban J connectivity index is 3.24. The van der Waals surface area contributed by atoms with Crippen LogP contribution in [0.5, 0.6) is 0 Å². The van der Waals surface area contributed by atoms with Crippen molar-refractivity contribution >= 4 is 11.4 Å². The lowest BCUT2D eigenvalue weighted by Gasteiger charge is -1.67. The van der Waals surface area contributed by atoms with Gasteiger partial charge < -0.3 is 9.40 Å². The van der Waals surface area contributed by atoms with Crippen molar-refractivity contribution in [2.45, 2.75) is 0 Å². The SMILES string of the molecule is O=c1oc2cnc1[nH]2. The summed E-state index contributed by atoms with van der Waals surface area (Å²) in [6.45, 7) is 0. The molecular formula is C4H2N2O2. The van der Waals surface area contributed by atoms with E-state index in [-0.39, 0.29) is 5.63 Å². The molecule has 0 saturated heterocycles. The Morgan fingerprint density at radius 3 is 2.88 bits per heavy atom. The number of H-pyrrole nitrogens is 1. The molecule has 0 amide bonds. The maximum Gasteiger partial charge on any atom is 0.381 e. The molecule has 0 spiro atoms. The van der Waals surface area contributed by atoms with Crippen LogP contribution in [-0.4, -0.2) is 9.97 Å². The minimum absolute atomic E-state index is 0.292. The van der Waals surface area contributed by atoms with Gasteiger partial charge in [-0.05, 0) is 0 Å². The summed E-state index contributed by atoms with van der Waals surface area (Å²) >= 11 is 0. The van der Waals surface area contributed by atoms with E-state index in [1.165, 1.54) is 6.20 Å². The van der Waals surface area contributed by atoms with Crippen LogP contribution in [0.1, 0.15) is 0 Å². The van der Waals surface area contributed by atoms with Crippen LogP contribution in [0.25, 0.3) is 11.4 Å². The number of hydrogen-bond acceptors (Lipinski definition) is 3. The van der Waals surface area contributed by atoms with Gasteiger partial charge in [0.15, 0.2) is 0 Å². The van der Waals surface area contributed by atoms with Crippen molar-refractivity contribution in [1.82, 2.24) is 9.97 Å². The lowest BCUT2D eigenvalue weighted by molar-refractivity contribution is 0.567. The first-order chi connectivity index (χ1) is 3.86. The Morgan fingerprint density at radius 1 is 1.75 bits per heavy atom. The van der Waals surface area contributed by atoms with Crippen molar-refractivity contribution in [1.29, 1.82) is 0 Å². The van der Waals surface area contributed by atoms with E-state index in [1.54, 1.807) is 0 Å². The number of oxazole rings is 1.